The van der Waals surface area contributed by atoms with Crippen molar-refractivity contribution in [1.82, 2.24) is 14.2 Å². The van der Waals surface area contributed by atoms with Gasteiger partial charge in [-0.1, -0.05) is 44.1 Å². The molecule has 0 atom stereocenters. The molecule has 194 valence electrons. The fourth-order valence-corrected chi connectivity index (χ4v) is 7.16. The lowest BCUT2D eigenvalue weighted by Gasteiger charge is -2.25. The van der Waals surface area contributed by atoms with Gasteiger partial charge in [-0.15, -0.1) is 0 Å². The van der Waals surface area contributed by atoms with Crippen molar-refractivity contribution in [3.63, 3.8) is 0 Å². The van der Waals surface area contributed by atoms with Crippen LogP contribution in [-0.2, 0) is 10.0 Å². The Morgan fingerprint density at radius 1 is 0.972 bits per heavy atom. The minimum Gasteiger partial charge on any atom is -0.302 e. The number of hydrogen-bond donors (Lipinski definition) is 0. The molecule has 0 unspecified atom stereocenters. The van der Waals surface area contributed by atoms with Crippen LogP contribution < -0.4 is 4.90 Å². The van der Waals surface area contributed by atoms with Crippen LogP contribution in [0.15, 0.2) is 47.4 Å². The summed E-state index contributed by atoms with van der Waals surface area (Å²) in [6, 6.07) is 12.5. The SMILES string of the molecule is CCN(CC)CCN(C(=O)c1ccc(S(=O)(=O)N2CCCCCC2)cc1)c1nc2ccc(C)cc2s1. The summed E-state index contributed by atoms with van der Waals surface area (Å²) in [6.07, 6.45) is 3.90. The molecule has 2 heterocycles. The summed E-state index contributed by atoms with van der Waals surface area (Å²) < 4.78 is 29.0. The first-order valence-corrected chi connectivity index (χ1v) is 15.1. The molecule has 7 nitrogen and oxygen atoms in total. The number of aromatic nitrogens is 1. The third-order valence-electron chi connectivity index (χ3n) is 6.85. The van der Waals surface area contributed by atoms with Crippen LogP contribution in [0.1, 0.15) is 55.5 Å². The van der Waals surface area contributed by atoms with Gasteiger partial charge in [0.1, 0.15) is 0 Å². The van der Waals surface area contributed by atoms with Crippen molar-refractivity contribution in [2.24, 2.45) is 0 Å². The number of aryl methyl sites for hydroxylation is 1. The Morgan fingerprint density at radius 3 is 2.28 bits per heavy atom. The largest absolute Gasteiger partial charge is 0.302 e. The number of rotatable bonds is 9. The summed E-state index contributed by atoms with van der Waals surface area (Å²) >= 11 is 1.51. The molecule has 1 aliphatic heterocycles. The van der Waals surface area contributed by atoms with Gasteiger partial charge in [-0.2, -0.15) is 4.31 Å². The number of sulfonamides is 1. The molecule has 1 fully saturated rings. The molecule has 4 rings (SSSR count). The lowest BCUT2D eigenvalue weighted by molar-refractivity contribution is 0.0983. The number of amides is 1. The molecule has 1 saturated heterocycles. The Bertz CT molecular complexity index is 1280. The van der Waals surface area contributed by atoms with Crippen molar-refractivity contribution in [3.05, 3.63) is 53.6 Å². The zero-order valence-corrected chi connectivity index (χ0v) is 23.1. The van der Waals surface area contributed by atoms with E-state index in [1.165, 1.54) is 11.3 Å². The first-order valence-electron chi connectivity index (χ1n) is 12.8. The van der Waals surface area contributed by atoms with Gasteiger partial charge in [-0.25, -0.2) is 13.4 Å². The van der Waals surface area contributed by atoms with Crippen LogP contribution in [0.4, 0.5) is 5.13 Å². The van der Waals surface area contributed by atoms with Gasteiger partial charge < -0.3 is 4.90 Å². The predicted molar refractivity (Wildman–Crippen MR) is 147 cm³/mol. The second-order valence-electron chi connectivity index (χ2n) is 9.29. The molecule has 9 heteroatoms. The van der Waals surface area contributed by atoms with Crippen molar-refractivity contribution in [3.8, 4) is 0 Å². The molecule has 1 aromatic heterocycles. The quantitative estimate of drug-likeness (QED) is 0.384. The summed E-state index contributed by atoms with van der Waals surface area (Å²) in [7, 11) is -3.56. The lowest BCUT2D eigenvalue weighted by atomic mass is 10.2. The van der Waals surface area contributed by atoms with E-state index in [4.69, 9.17) is 4.98 Å². The van der Waals surface area contributed by atoms with E-state index in [0.717, 1.165) is 61.1 Å². The number of anilines is 1. The normalized spacial score (nSPS) is 15.3. The minimum absolute atomic E-state index is 0.170. The maximum Gasteiger partial charge on any atom is 0.260 e. The number of thiazole rings is 1. The van der Waals surface area contributed by atoms with E-state index in [-0.39, 0.29) is 10.8 Å². The van der Waals surface area contributed by atoms with Gasteiger partial charge in [0.15, 0.2) is 5.13 Å². The average Bonchev–Trinajstić information content (AvgIpc) is 3.09. The fraction of sp³-hybridized carbons (Fsp3) is 0.481. The number of likely N-dealkylation sites (N-methyl/N-ethyl adjacent to an activating group) is 1. The Morgan fingerprint density at radius 2 is 1.64 bits per heavy atom. The molecule has 0 N–H and O–H groups in total. The Hall–Kier alpha value is -2.33. The van der Waals surface area contributed by atoms with Gasteiger partial charge in [0.2, 0.25) is 10.0 Å². The van der Waals surface area contributed by atoms with Crippen LogP contribution in [-0.4, -0.2) is 67.8 Å². The van der Waals surface area contributed by atoms with Crippen molar-refractivity contribution in [2.45, 2.75) is 51.3 Å². The standard InChI is InChI=1S/C27H36N4O3S2/c1-4-29(5-2)18-19-31(27-28-24-15-10-21(3)20-25(24)35-27)26(32)22-11-13-23(14-12-22)36(33,34)30-16-8-6-7-9-17-30/h10-15,20H,4-9,16-19H2,1-3H3. The number of carbonyl (C=O) groups is 1. The molecule has 3 aromatic rings. The summed E-state index contributed by atoms with van der Waals surface area (Å²) in [5.74, 6) is -0.170. The summed E-state index contributed by atoms with van der Waals surface area (Å²) in [4.78, 5) is 22.7. The van der Waals surface area contributed by atoms with Gasteiger partial charge in [0, 0.05) is 31.7 Å². The smallest absolute Gasteiger partial charge is 0.260 e. The number of fused-ring (bicyclic) bond motifs is 1. The van der Waals surface area contributed by atoms with Crippen LogP contribution in [0.5, 0.6) is 0 Å². The van der Waals surface area contributed by atoms with Gasteiger partial charge in [-0.3, -0.25) is 9.69 Å². The second-order valence-corrected chi connectivity index (χ2v) is 12.2. The molecule has 36 heavy (non-hydrogen) atoms. The van der Waals surface area contributed by atoms with Gasteiger partial charge in [-0.05, 0) is 74.8 Å². The zero-order valence-electron chi connectivity index (χ0n) is 21.4. The zero-order chi connectivity index (χ0) is 25.7. The Balaban J connectivity index is 1.61. The molecule has 2 aromatic carbocycles. The fourth-order valence-electron chi connectivity index (χ4n) is 4.56. The summed E-state index contributed by atoms with van der Waals surface area (Å²) in [6.45, 7) is 10.4. The third-order valence-corrected chi connectivity index (χ3v) is 9.80. The molecule has 1 amide bonds. The second kappa shape index (κ2) is 11.8. The molecular weight excluding hydrogens is 492 g/mol. The summed E-state index contributed by atoms with van der Waals surface area (Å²) in [5, 5.41) is 0.661. The number of carbonyl (C=O) groups excluding carboxylic acids is 1. The lowest BCUT2D eigenvalue weighted by Crippen LogP contribution is -2.39. The Labute approximate surface area is 218 Å². The van der Waals surface area contributed by atoms with Gasteiger partial charge >= 0.3 is 0 Å². The monoisotopic (exact) mass is 528 g/mol. The van der Waals surface area contributed by atoms with E-state index in [1.54, 1.807) is 33.5 Å². The van der Waals surface area contributed by atoms with Crippen LogP contribution in [0.2, 0.25) is 0 Å². The Kier molecular flexibility index (Phi) is 8.77. The van der Waals surface area contributed by atoms with E-state index in [1.807, 2.05) is 19.1 Å². The molecule has 0 spiro atoms. The van der Waals surface area contributed by atoms with E-state index in [2.05, 4.69) is 24.8 Å². The number of hydrogen-bond acceptors (Lipinski definition) is 6. The third kappa shape index (κ3) is 5.96. The highest BCUT2D eigenvalue weighted by Crippen LogP contribution is 2.31. The van der Waals surface area contributed by atoms with E-state index >= 15 is 0 Å². The molecule has 0 bridgehead atoms. The topological polar surface area (TPSA) is 73.8 Å². The van der Waals surface area contributed by atoms with Gasteiger partial charge in [0.05, 0.1) is 15.1 Å². The van der Waals surface area contributed by atoms with Crippen LogP contribution in [0.3, 0.4) is 0 Å². The van der Waals surface area contributed by atoms with E-state index in [0.29, 0.717) is 30.3 Å². The maximum absolute atomic E-state index is 13.7. The number of nitrogens with zero attached hydrogens (tertiary/aromatic N) is 4. The number of benzene rings is 2. The van der Waals surface area contributed by atoms with E-state index < -0.39 is 10.0 Å². The van der Waals surface area contributed by atoms with Crippen LogP contribution in [0.25, 0.3) is 10.2 Å². The molecular formula is C27H36N4O3S2. The molecule has 0 radical (unpaired) electrons. The van der Waals surface area contributed by atoms with Gasteiger partial charge in [0.25, 0.3) is 5.91 Å². The first-order chi connectivity index (χ1) is 17.3. The first kappa shape index (κ1) is 26.7. The highest BCUT2D eigenvalue weighted by Gasteiger charge is 2.26. The highest BCUT2D eigenvalue weighted by atomic mass is 32.2. The molecule has 1 aliphatic rings. The predicted octanol–water partition coefficient (Wildman–Crippen LogP) is 5.16. The van der Waals surface area contributed by atoms with Crippen LogP contribution in [0, 0.1) is 6.92 Å². The van der Waals surface area contributed by atoms with Crippen molar-refractivity contribution >= 4 is 42.6 Å². The summed E-state index contributed by atoms with van der Waals surface area (Å²) in [5.41, 5.74) is 2.49. The minimum atomic E-state index is -3.56. The average molecular weight is 529 g/mol. The van der Waals surface area contributed by atoms with Crippen LogP contribution >= 0.6 is 11.3 Å². The highest BCUT2D eigenvalue weighted by molar-refractivity contribution is 7.89. The van der Waals surface area contributed by atoms with Crippen molar-refractivity contribution < 1.29 is 13.2 Å². The van der Waals surface area contributed by atoms with E-state index in [9.17, 15) is 13.2 Å². The van der Waals surface area contributed by atoms with Crippen molar-refractivity contribution in [2.75, 3.05) is 44.2 Å². The van der Waals surface area contributed by atoms with Crippen molar-refractivity contribution in [1.29, 1.82) is 0 Å². The molecule has 0 saturated carbocycles. The maximum atomic E-state index is 13.7. The molecule has 0 aliphatic carbocycles.